The largest absolute Gasteiger partial charge is 0.377 e. The van der Waals surface area contributed by atoms with Crippen molar-refractivity contribution in [1.29, 1.82) is 0 Å². The lowest BCUT2D eigenvalue weighted by Gasteiger charge is -2.13. The van der Waals surface area contributed by atoms with E-state index >= 15 is 0 Å². The van der Waals surface area contributed by atoms with Crippen LogP contribution in [-0.2, 0) is 6.54 Å². The molecule has 7 heteroatoms. The number of anilines is 1. The summed E-state index contributed by atoms with van der Waals surface area (Å²) >= 11 is 7.42. The molecular weight excluding hydrogens is 356 g/mol. The monoisotopic (exact) mass is 370 g/mol. The molecule has 0 amide bonds. The highest BCUT2D eigenvalue weighted by molar-refractivity contribution is 7.25. The Morgan fingerprint density at radius 3 is 2.84 bits per heavy atom. The third kappa shape index (κ3) is 2.77. The topological polar surface area (TPSA) is 51.0 Å². The first kappa shape index (κ1) is 16.1. The summed E-state index contributed by atoms with van der Waals surface area (Å²) in [7, 11) is 3.94. The summed E-state index contributed by atoms with van der Waals surface area (Å²) in [5, 5.41) is 1.58. The number of thiophene rings is 1. The van der Waals surface area contributed by atoms with Gasteiger partial charge in [0.25, 0.3) is 5.56 Å². The quantitative estimate of drug-likeness (QED) is 0.550. The summed E-state index contributed by atoms with van der Waals surface area (Å²) in [6, 6.07) is 9.43. The lowest BCUT2D eigenvalue weighted by atomic mass is 10.2. The second-order valence-electron chi connectivity index (χ2n) is 5.99. The Balaban J connectivity index is 1.90. The first-order valence-electron chi connectivity index (χ1n) is 7.73. The Labute approximate surface area is 153 Å². The van der Waals surface area contributed by atoms with E-state index < -0.39 is 0 Å². The molecule has 0 radical (unpaired) electrons. The fraction of sp³-hybridized carbons (Fsp3) is 0.167. The van der Waals surface area contributed by atoms with Gasteiger partial charge < -0.3 is 4.90 Å². The van der Waals surface area contributed by atoms with Crippen LogP contribution < -0.4 is 10.5 Å². The van der Waals surface area contributed by atoms with Gasteiger partial charge in [-0.3, -0.25) is 9.36 Å². The van der Waals surface area contributed by atoms with Gasteiger partial charge in [0, 0.05) is 25.3 Å². The normalized spacial score (nSPS) is 11.3. The third-order valence-corrected chi connectivity index (χ3v) is 5.36. The highest BCUT2D eigenvalue weighted by Crippen LogP contribution is 2.35. The van der Waals surface area contributed by atoms with Crippen LogP contribution in [0.25, 0.3) is 20.4 Å². The highest BCUT2D eigenvalue weighted by atomic mass is 35.5. The molecular formula is C18H15ClN4OS. The van der Waals surface area contributed by atoms with E-state index in [1.165, 1.54) is 11.3 Å². The van der Waals surface area contributed by atoms with Crippen molar-refractivity contribution < 1.29 is 0 Å². The standard InChI is InChI=1S/C18H15ClN4OS/c1-22(2)13-6-7-20-17-14(13)15-16(25-17)18(24)23(10-21-15)9-11-4-3-5-12(19)8-11/h3-8,10H,9H2,1-2H3. The first-order chi connectivity index (χ1) is 12.0. The maximum atomic E-state index is 12.9. The van der Waals surface area contributed by atoms with E-state index in [0.29, 0.717) is 21.8 Å². The number of nitrogens with zero attached hydrogens (tertiary/aromatic N) is 4. The summed E-state index contributed by atoms with van der Waals surface area (Å²) in [6.07, 6.45) is 3.36. The molecule has 0 aliphatic rings. The predicted molar refractivity (Wildman–Crippen MR) is 104 cm³/mol. The Kier molecular flexibility index (Phi) is 3.94. The molecule has 0 spiro atoms. The lowest BCUT2D eigenvalue weighted by molar-refractivity contribution is 0.750. The molecule has 0 bridgehead atoms. The van der Waals surface area contributed by atoms with E-state index in [2.05, 4.69) is 9.97 Å². The van der Waals surface area contributed by atoms with Crippen molar-refractivity contribution in [3.05, 3.63) is 63.8 Å². The van der Waals surface area contributed by atoms with Crippen LogP contribution in [0.2, 0.25) is 5.02 Å². The van der Waals surface area contributed by atoms with Crippen molar-refractivity contribution in [2.24, 2.45) is 0 Å². The van der Waals surface area contributed by atoms with Gasteiger partial charge in [-0.15, -0.1) is 11.3 Å². The van der Waals surface area contributed by atoms with Gasteiger partial charge in [0.1, 0.15) is 9.53 Å². The molecule has 25 heavy (non-hydrogen) atoms. The predicted octanol–water partition coefficient (Wildman–Crippen LogP) is 3.77. The van der Waals surface area contributed by atoms with Crippen molar-refractivity contribution in [2.75, 3.05) is 19.0 Å². The molecule has 1 aromatic carbocycles. The van der Waals surface area contributed by atoms with Crippen LogP contribution in [0.5, 0.6) is 0 Å². The smallest absolute Gasteiger partial charge is 0.271 e. The number of rotatable bonds is 3. The molecule has 4 rings (SSSR count). The lowest BCUT2D eigenvalue weighted by Crippen LogP contribution is -2.20. The van der Waals surface area contributed by atoms with Crippen LogP contribution in [0.15, 0.2) is 47.7 Å². The van der Waals surface area contributed by atoms with Gasteiger partial charge in [-0.05, 0) is 23.8 Å². The van der Waals surface area contributed by atoms with E-state index in [9.17, 15) is 4.79 Å². The zero-order valence-corrected chi connectivity index (χ0v) is 15.3. The van der Waals surface area contributed by atoms with E-state index in [1.54, 1.807) is 17.1 Å². The zero-order chi connectivity index (χ0) is 17.6. The molecule has 0 aliphatic heterocycles. The summed E-state index contributed by atoms with van der Waals surface area (Å²) in [4.78, 5) is 24.7. The molecule has 3 heterocycles. The van der Waals surface area contributed by atoms with Crippen molar-refractivity contribution in [2.45, 2.75) is 6.54 Å². The Bertz CT molecular complexity index is 1150. The number of hydrogen-bond donors (Lipinski definition) is 0. The van der Waals surface area contributed by atoms with Gasteiger partial charge in [-0.1, -0.05) is 23.7 Å². The molecule has 0 atom stereocenters. The Hall–Kier alpha value is -2.44. The molecule has 126 valence electrons. The van der Waals surface area contributed by atoms with E-state index in [-0.39, 0.29) is 5.56 Å². The number of fused-ring (bicyclic) bond motifs is 3. The number of benzene rings is 1. The fourth-order valence-electron chi connectivity index (χ4n) is 2.89. The van der Waals surface area contributed by atoms with Gasteiger partial charge in [-0.2, -0.15) is 0 Å². The second kappa shape index (κ2) is 6.13. The average molecular weight is 371 g/mol. The van der Waals surface area contributed by atoms with E-state index in [1.807, 2.05) is 49.3 Å². The van der Waals surface area contributed by atoms with Gasteiger partial charge in [0.15, 0.2) is 0 Å². The van der Waals surface area contributed by atoms with Crippen molar-refractivity contribution in [3.8, 4) is 0 Å². The number of halogens is 1. The number of aromatic nitrogens is 3. The van der Waals surface area contributed by atoms with Crippen molar-refractivity contribution >= 4 is 49.1 Å². The molecule has 5 nitrogen and oxygen atoms in total. The first-order valence-corrected chi connectivity index (χ1v) is 8.92. The Morgan fingerprint density at radius 1 is 1.24 bits per heavy atom. The summed E-state index contributed by atoms with van der Waals surface area (Å²) in [5.74, 6) is 0. The third-order valence-electron chi connectivity index (χ3n) is 4.05. The van der Waals surface area contributed by atoms with Crippen LogP contribution in [-0.4, -0.2) is 28.6 Å². The number of hydrogen-bond acceptors (Lipinski definition) is 5. The van der Waals surface area contributed by atoms with Crippen molar-refractivity contribution in [1.82, 2.24) is 14.5 Å². The number of pyridine rings is 1. The second-order valence-corrected chi connectivity index (χ2v) is 7.43. The van der Waals surface area contributed by atoms with Crippen LogP contribution in [0.1, 0.15) is 5.56 Å². The minimum Gasteiger partial charge on any atom is -0.377 e. The minimum atomic E-state index is -0.0577. The van der Waals surface area contributed by atoms with Crippen LogP contribution in [0.3, 0.4) is 0 Å². The molecule has 0 saturated carbocycles. The van der Waals surface area contributed by atoms with Gasteiger partial charge in [-0.25, -0.2) is 9.97 Å². The van der Waals surface area contributed by atoms with Gasteiger partial charge in [0.2, 0.25) is 0 Å². The fourth-order valence-corrected chi connectivity index (χ4v) is 4.17. The SMILES string of the molecule is CN(C)c1ccnc2sc3c(=O)n(Cc4cccc(Cl)c4)cnc3c12. The highest BCUT2D eigenvalue weighted by Gasteiger charge is 2.16. The molecule has 0 unspecified atom stereocenters. The Morgan fingerprint density at radius 2 is 2.08 bits per heavy atom. The summed E-state index contributed by atoms with van der Waals surface area (Å²) in [6.45, 7) is 0.435. The molecule has 0 fully saturated rings. The molecule has 0 aliphatic carbocycles. The van der Waals surface area contributed by atoms with Crippen LogP contribution in [0.4, 0.5) is 5.69 Å². The van der Waals surface area contributed by atoms with E-state index in [0.717, 1.165) is 21.5 Å². The molecule has 4 aromatic rings. The summed E-state index contributed by atoms with van der Waals surface area (Å²) < 4.78 is 2.24. The van der Waals surface area contributed by atoms with Crippen LogP contribution >= 0.6 is 22.9 Å². The molecule has 0 N–H and O–H groups in total. The zero-order valence-electron chi connectivity index (χ0n) is 13.7. The van der Waals surface area contributed by atoms with Gasteiger partial charge in [0.05, 0.1) is 29.5 Å². The minimum absolute atomic E-state index is 0.0577. The van der Waals surface area contributed by atoms with Crippen molar-refractivity contribution in [3.63, 3.8) is 0 Å². The van der Waals surface area contributed by atoms with Gasteiger partial charge >= 0.3 is 0 Å². The van der Waals surface area contributed by atoms with Crippen LogP contribution in [0, 0.1) is 0 Å². The maximum Gasteiger partial charge on any atom is 0.271 e. The van der Waals surface area contributed by atoms with E-state index in [4.69, 9.17) is 11.6 Å². The summed E-state index contributed by atoms with van der Waals surface area (Å²) in [5.41, 5.74) is 2.63. The molecule has 0 saturated heterocycles. The maximum absolute atomic E-state index is 12.9. The molecule has 3 aromatic heterocycles. The average Bonchev–Trinajstić information content (AvgIpc) is 2.97.